The topological polar surface area (TPSA) is 42.6 Å². The highest BCUT2D eigenvalue weighted by molar-refractivity contribution is 6.02. The summed E-state index contributed by atoms with van der Waals surface area (Å²) in [5, 5.41) is 6.27. The average Bonchev–Trinajstić information content (AvgIpc) is 3.12. The number of benzene rings is 2. The zero-order chi connectivity index (χ0) is 17.6. The molecule has 0 saturated carbocycles. The van der Waals surface area contributed by atoms with Crippen molar-refractivity contribution in [3.8, 4) is 5.75 Å². The van der Waals surface area contributed by atoms with E-state index in [2.05, 4.69) is 10.1 Å². The Kier molecular flexibility index (Phi) is 5.09. The first kappa shape index (κ1) is 16.7. The maximum absolute atomic E-state index is 13.3. The van der Waals surface area contributed by atoms with Gasteiger partial charge in [0.1, 0.15) is 24.5 Å². The van der Waals surface area contributed by atoms with Gasteiger partial charge in [-0.2, -0.15) is 5.10 Å². The molecule has 0 saturated heterocycles. The van der Waals surface area contributed by atoms with E-state index < -0.39 is 0 Å². The second-order valence-electron chi connectivity index (χ2n) is 5.66. The molecule has 0 unspecified atom stereocenters. The Morgan fingerprint density at radius 1 is 1.20 bits per heavy atom. The summed E-state index contributed by atoms with van der Waals surface area (Å²) in [5.74, 6) is 1.08. The minimum atomic E-state index is -0.275. The molecule has 0 atom stereocenters. The Labute approximate surface area is 146 Å². The lowest BCUT2D eigenvalue weighted by atomic mass is 10.1. The first-order chi connectivity index (χ1) is 12.1. The number of para-hydroxylation sites is 1. The van der Waals surface area contributed by atoms with Gasteiger partial charge in [-0.1, -0.05) is 24.3 Å². The van der Waals surface area contributed by atoms with Crippen molar-refractivity contribution in [3.05, 3.63) is 84.2 Å². The highest BCUT2D eigenvalue weighted by atomic mass is 19.1. The molecule has 3 rings (SSSR count). The van der Waals surface area contributed by atoms with Gasteiger partial charge in [-0.25, -0.2) is 9.37 Å². The normalized spacial score (nSPS) is 11.4. The molecule has 0 bridgehead atoms. The molecule has 128 valence electrons. The molecular weight excluding hydrogens is 319 g/mol. The summed E-state index contributed by atoms with van der Waals surface area (Å²) in [6.45, 7) is 0.272. The standard InChI is InChI=1S/C19H19FN4O/c1-23(2)22-19(24-11-10-21-14-24)17-8-3-4-9-18(17)25-13-15-6-5-7-16(20)12-15/h3-12,14H,13H2,1-2H3. The molecular formula is C19H19FN4O. The molecule has 0 aliphatic heterocycles. The summed E-state index contributed by atoms with van der Waals surface area (Å²) >= 11 is 0. The van der Waals surface area contributed by atoms with Gasteiger partial charge in [0.25, 0.3) is 0 Å². The van der Waals surface area contributed by atoms with Gasteiger partial charge in [-0.3, -0.25) is 4.57 Å². The summed E-state index contributed by atoms with van der Waals surface area (Å²) in [4.78, 5) is 4.09. The van der Waals surface area contributed by atoms with E-state index in [0.717, 1.165) is 11.1 Å². The van der Waals surface area contributed by atoms with Crippen LogP contribution in [-0.4, -0.2) is 34.5 Å². The molecule has 1 aromatic heterocycles. The number of aromatic nitrogens is 2. The number of hydrogen-bond acceptors (Lipinski definition) is 4. The summed E-state index contributed by atoms with van der Waals surface area (Å²) in [6, 6.07) is 14.0. The highest BCUT2D eigenvalue weighted by Gasteiger charge is 2.13. The van der Waals surface area contributed by atoms with Gasteiger partial charge in [0, 0.05) is 26.5 Å². The van der Waals surface area contributed by atoms with Crippen LogP contribution in [0, 0.1) is 5.82 Å². The number of ether oxygens (including phenoxy) is 1. The van der Waals surface area contributed by atoms with Crippen molar-refractivity contribution in [2.24, 2.45) is 5.10 Å². The lowest BCUT2D eigenvalue weighted by Crippen LogP contribution is -2.18. The average molecular weight is 338 g/mol. The molecule has 0 N–H and O–H groups in total. The van der Waals surface area contributed by atoms with Crippen LogP contribution in [0.1, 0.15) is 11.1 Å². The lowest BCUT2D eigenvalue weighted by Gasteiger charge is -2.16. The second kappa shape index (κ2) is 7.61. The largest absolute Gasteiger partial charge is 0.488 e. The molecule has 0 fully saturated rings. The molecule has 0 aliphatic carbocycles. The molecule has 2 aromatic carbocycles. The van der Waals surface area contributed by atoms with E-state index in [0.29, 0.717) is 11.6 Å². The molecule has 0 spiro atoms. The number of imidazole rings is 1. The summed E-state index contributed by atoms with van der Waals surface area (Å²) < 4.78 is 21.1. The maximum Gasteiger partial charge on any atom is 0.168 e. The minimum absolute atomic E-state index is 0.272. The van der Waals surface area contributed by atoms with Crippen molar-refractivity contribution >= 4 is 5.84 Å². The van der Waals surface area contributed by atoms with Gasteiger partial charge >= 0.3 is 0 Å². The van der Waals surface area contributed by atoms with Gasteiger partial charge in [0.15, 0.2) is 5.84 Å². The Balaban J connectivity index is 1.91. The van der Waals surface area contributed by atoms with Crippen molar-refractivity contribution in [1.82, 2.24) is 14.6 Å². The third kappa shape index (κ3) is 4.23. The predicted octanol–water partition coefficient (Wildman–Crippen LogP) is 3.37. The lowest BCUT2D eigenvalue weighted by molar-refractivity contribution is 0.304. The first-order valence-electron chi connectivity index (χ1n) is 7.84. The van der Waals surface area contributed by atoms with E-state index in [1.54, 1.807) is 23.6 Å². The van der Waals surface area contributed by atoms with Crippen molar-refractivity contribution in [1.29, 1.82) is 0 Å². The van der Waals surface area contributed by atoms with Crippen LogP contribution in [0.3, 0.4) is 0 Å². The van der Waals surface area contributed by atoms with Gasteiger partial charge in [0.2, 0.25) is 0 Å². The number of hydrogen-bond donors (Lipinski definition) is 0. The summed E-state index contributed by atoms with van der Waals surface area (Å²) in [7, 11) is 3.71. The van der Waals surface area contributed by atoms with Crippen LogP contribution in [-0.2, 0) is 6.61 Å². The highest BCUT2D eigenvalue weighted by Crippen LogP contribution is 2.21. The fraction of sp³-hybridized carbons (Fsp3) is 0.158. The zero-order valence-electron chi connectivity index (χ0n) is 14.1. The predicted molar refractivity (Wildman–Crippen MR) is 95.0 cm³/mol. The van der Waals surface area contributed by atoms with Crippen LogP contribution in [0.15, 0.2) is 72.4 Å². The molecule has 6 heteroatoms. The van der Waals surface area contributed by atoms with E-state index in [-0.39, 0.29) is 12.4 Å². The van der Waals surface area contributed by atoms with Crippen molar-refractivity contribution in [2.75, 3.05) is 14.1 Å². The fourth-order valence-corrected chi connectivity index (χ4v) is 2.38. The Bertz CT molecular complexity index is 859. The molecule has 0 radical (unpaired) electrons. The van der Waals surface area contributed by atoms with E-state index in [1.165, 1.54) is 12.1 Å². The molecule has 0 amide bonds. The number of hydrazone groups is 1. The first-order valence-corrected chi connectivity index (χ1v) is 7.84. The number of halogens is 1. The molecule has 5 nitrogen and oxygen atoms in total. The van der Waals surface area contributed by atoms with Crippen LogP contribution >= 0.6 is 0 Å². The quantitative estimate of drug-likeness (QED) is 0.407. The van der Waals surface area contributed by atoms with Gasteiger partial charge in [-0.05, 0) is 29.8 Å². The maximum atomic E-state index is 13.3. The Hall–Kier alpha value is -3.15. The van der Waals surface area contributed by atoms with E-state index in [9.17, 15) is 4.39 Å². The number of rotatable bonds is 5. The van der Waals surface area contributed by atoms with Gasteiger partial charge in [-0.15, -0.1) is 0 Å². The van der Waals surface area contributed by atoms with Gasteiger partial charge in [0.05, 0.1) is 5.56 Å². The molecule has 1 heterocycles. The smallest absolute Gasteiger partial charge is 0.168 e. The summed E-state index contributed by atoms with van der Waals surface area (Å²) in [5.41, 5.74) is 1.59. The monoisotopic (exact) mass is 338 g/mol. The Morgan fingerprint density at radius 3 is 2.76 bits per heavy atom. The molecule has 0 aliphatic rings. The third-order valence-corrected chi connectivity index (χ3v) is 3.46. The van der Waals surface area contributed by atoms with Crippen molar-refractivity contribution in [2.45, 2.75) is 6.61 Å². The Morgan fingerprint density at radius 2 is 2.04 bits per heavy atom. The van der Waals surface area contributed by atoms with Crippen LogP contribution in [0.4, 0.5) is 4.39 Å². The van der Waals surface area contributed by atoms with E-state index in [1.807, 2.05) is 55.2 Å². The SMILES string of the molecule is CN(C)N=C(c1ccccc1OCc1cccc(F)c1)n1ccnc1. The zero-order valence-corrected chi connectivity index (χ0v) is 14.1. The van der Waals surface area contributed by atoms with Crippen LogP contribution < -0.4 is 4.74 Å². The number of nitrogens with zero attached hydrogens (tertiary/aromatic N) is 4. The third-order valence-electron chi connectivity index (χ3n) is 3.46. The second-order valence-corrected chi connectivity index (χ2v) is 5.66. The minimum Gasteiger partial charge on any atom is -0.488 e. The van der Waals surface area contributed by atoms with Crippen LogP contribution in [0.5, 0.6) is 5.75 Å². The van der Waals surface area contributed by atoms with Crippen LogP contribution in [0.25, 0.3) is 0 Å². The van der Waals surface area contributed by atoms with Gasteiger partial charge < -0.3 is 9.75 Å². The molecule has 25 heavy (non-hydrogen) atoms. The van der Waals surface area contributed by atoms with Crippen molar-refractivity contribution in [3.63, 3.8) is 0 Å². The van der Waals surface area contributed by atoms with E-state index in [4.69, 9.17) is 4.74 Å². The van der Waals surface area contributed by atoms with Crippen LogP contribution in [0.2, 0.25) is 0 Å². The van der Waals surface area contributed by atoms with Crippen molar-refractivity contribution < 1.29 is 9.13 Å². The van der Waals surface area contributed by atoms with E-state index >= 15 is 0 Å². The summed E-state index contributed by atoms with van der Waals surface area (Å²) in [6.07, 6.45) is 5.21. The molecule has 3 aromatic rings. The fourth-order valence-electron chi connectivity index (χ4n) is 2.38.